The fraction of sp³-hybridized carbons (Fsp3) is 0.250. The van der Waals surface area contributed by atoms with Crippen molar-refractivity contribution in [1.29, 1.82) is 0 Å². The van der Waals surface area contributed by atoms with E-state index in [1.807, 2.05) is 12.3 Å². The minimum Gasteiger partial charge on any atom is -0.466 e. The number of ether oxygens (including phenoxy) is 1. The molecule has 3 nitrogen and oxygen atoms in total. The third-order valence-electron chi connectivity index (χ3n) is 3.23. The molecule has 0 N–H and O–H groups in total. The molecule has 0 saturated heterocycles. The van der Waals surface area contributed by atoms with Gasteiger partial charge in [-0.05, 0) is 30.9 Å². The first-order chi connectivity index (χ1) is 10.2. The normalized spacial score (nSPS) is 11.0. The topological polar surface area (TPSA) is 39.2 Å². The Morgan fingerprint density at radius 3 is 2.90 bits per heavy atom. The van der Waals surface area contributed by atoms with Crippen LogP contribution in [0.4, 0.5) is 0 Å². The van der Waals surface area contributed by atoms with Gasteiger partial charge in [-0.2, -0.15) is 0 Å². The van der Waals surface area contributed by atoms with Gasteiger partial charge in [0.1, 0.15) is 5.01 Å². The summed E-state index contributed by atoms with van der Waals surface area (Å²) in [6.07, 6.45) is 0.252. The number of aryl methyl sites for hydroxylation is 1. The third-order valence-corrected chi connectivity index (χ3v) is 5.37. The number of nitrogens with zero attached hydrogens (tertiary/aromatic N) is 1. The highest BCUT2D eigenvalue weighted by molar-refractivity contribution is 7.22. The molecular formula is C16H15NO2S2. The van der Waals surface area contributed by atoms with Crippen LogP contribution in [0.15, 0.2) is 29.6 Å². The third kappa shape index (κ3) is 2.84. The predicted molar refractivity (Wildman–Crippen MR) is 88.0 cm³/mol. The Bertz CT molecular complexity index is 789. The summed E-state index contributed by atoms with van der Waals surface area (Å²) >= 11 is 3.26. The second-order valence-electron chi connectivity index (χ2n) is 4.66. The SMILES string of the molecule is CCOC(=O)Cc1nc(-c2sc3ccccc3c2C)cs1. The number of benzene rings is 1. The first kappa shape index (κ1) is 14.2. The van der Waals surface area contributed by atoms with E-state index in [-0.39, 0.29) is 12.4 Å². The number of carbonyl (C=O) groups excluding carboxylic acids is 1. The molecule has 0 spiro atoms. The molecule has 2 aromatic heterocycles. The van der Waals surface area contributed by atoms with Crippen molar-refractivity contribution in [2.75, 3.05) is 6.61 Å². The summed E-state index contributed by atoms with van der Waals surface area (Å²) in [4.78, 5) is 17.3. The molecule has 0 fully saturated rings. The molecule has 108 valence electrons. The molecule has 5 heteroatoms. The van der Waals surface area contributed by atoms with E-state index in [4.69, 9.17) is 4.74 Å². The van der Waals surface area contributed by atoms with Gasteiger partial charge in [0, 0.05) is 10.1 Å². The Kier molecular flexibility index (Phi) is 4.03. The summed E-state index contributed by atoms with van der Waals surface area (Å²) in [7, 11) is 0. The van der Waals surface area contributed by atoms with Crippen molar-refractivity contribution >= 4 is 38.7 Å². The van der Waals surface area contributed by atoms with Crippen molar-refractivity contribution in [3.63, 3.8) is 0 Å². The standard InChI is InChI=1S/C16H15NO2S2/c1-3-19-15(18)8-14-17-12(9-20-14)16-10(2)11-6-4-5-7-13(11)21-16/h4-7,9H,3,8H2,1-2H3. The van der Waals surface area contributed by atoms with Crippen molar-refractivity contribution < 1.29 is 9.53 Å². The van der Waals surface area contributed by atoms with Crippen LogP contribution in [0.25, 0.3) is 20.7 Å². The van der Waals surface area contributed by atoms with E-state index >= 15 is 0 Å². The van der Waals surface area contributed by atoms with Crippen molar-refractivity contribution in [2.45, 2.75) is 20.3 Å². The number of aromatic nitrogens is 1. The zero-order chi connectivity index (χ0) is 14.8. The molecule has 2 heterocycles. The molecule has 0 aliphatic rings. The fourth-order valence-electron chi connectivity index (χ4n) is 2.25. The van der Waals surface area contributed by atoms with E-state index in [1.165, 1.54) is 31.9 Å². The van der Waals surface area contributed by atoms with Crippen LogP contribution in [-0.2, 0) is 16.0 Å². The van der Waals surface area contributed by atoms with Crippen molar-refractivity contribution in [2.24, 2.45) is 0 Å². The van der Waals surface area contributed by atoms with Crippen molar-refractivity contribution in [3.8, 4) is 10.6 Å². The Morgan fingerprint density at radius 2 is 2.14 bits per heavy atom. The van der Waals surface area contributed by atoms with Gasteiger partial charge in [0.15, 0.2) is 0 Å². The highest BCUT2D eigenvalue weighted by Crippen LogP contribution is 2.38. The summed E-state index contributed by atoms with van der Waals surface area (Å²) < 4.78 is 6.23. The molecule has 0 amide bonds. The summed E-state index contributed by atoms with van der Waals surface area (Å²) in [6, 6.07) is 8.37. The lowest BCUT2D eigenvalue weighted by molar-refractivity contribution is -0.142. The quantitative estimate of drug-likeness (QED) is 0.668. The number of fused-ring (bicyclic) bond motifs is 1. The Labute approximate surface area is 131 Å². The van der Waals surface area contributed by atoms with E-state index in [0.717, 1.165) is 10.7 Å². The molecule has 0 unspecified atom stereocenters. The van der Waals surface area contributed by atoms with Gasteiger partial charge in [-0.1, -0.05) is 18.2 Å². The molecule has 3 aromatic rings. The van der Waals surface area contributed by atoms with E-state index in [1.54, 1.807) is 11.3 Å². The number of hydrogen-bond donors (Lipinski definition) is 0. The molecule has 0 aliphatic heterocycles. The average Bonchev–Trinajstić information content (AvgIpc) is 3.05. The van der Waals surface area contributed by atoms with E-state index in [9.17, 15) is 4.79 Å². The van der Waals surface area contributed by atoms with Crippen LogP contribution in [0.1, 0.15) is 17.5 Å². The van der Waals surface area contributed by atoms with Gasteiger partial charge in [-0.15, -0.1) is 22.7 Å². The van der Waals surface area contributed by atoms with Crippen LogP contribution < -0.4 is 0 Å². The van der Waals surface area contributed by atoms with Crippen LogP contribution in [0.3, 0.4) is 0 Å². The van der Waals surface area contributed by atoms with Gasteiger partial charge in [0.25, 0.3) is 0 Å². The molecule has 0 atom stereocenters. The van der Waals surface area contributed by atoms with Gasteiger partial charge in [-0.3, -0.25) is 4.79 Å². The lowest BCUT2D eigenvalue weighted by Gasteiger charge is -1.98. The van der Waals surface area contributed by atoms with Crippen LogP contribution >= 0.6 is 22.7 Å². The first-order valence-electron chi connectivity index (χ1n) is 6.77. The van der Waals surface area contributed by atoms with Crippen LogP contribution in [0, 0.1) is 6.92 Å². The second-order valence-corrected chi connectivity index (χ2v) is 6.66. The largest absolute Gasteiger partial charge is 0.466 e. The van der Waals surface area contributed by atoms with E-state index in [2.05, 4.69) is 36.2 Å². The number of thiazole rings is 1. The first-order valence-corrected chi connectivity index (χ1v) is 8.47. The molecule has 0 saturated carbocycles. The molecule has 21 heavy (non-hydrogen) atoms. The summed E-state index contributed by atoms with van der Waals surface area (Å²) in [5, 5.41) is 4.10. The van der Waals surface area contributed by atoms with Crippen LogP contribution in [-0.4, -0.2) is 17.6 Å². The average molecular weight is 317 g/mol. The maximum absolute atomic E-state index is 11.5. The maximum Gasteiger partial charge on any atom is 0.312 e. The number of carbonyl (C=O) groups is 1. The van der Waals surface area contributed by atoms with Crippen molar-refractivity contribution in [1.82, 2.24) is 4.98 Å². The number of thiophene rings is 1. The number of rotatable bonds is 4. The molecular weight excluding hydrogens is 302 g/mol. The highest BCUT2D eigenvalue weighted by atomic mass is 32.1. The lowest BCUT2D eigenvalue weighted by atomic mass is 10.1. The van der Waals surface area contributed by atoms with Gasteiger partial charge in [0.2, 0.25) is 0 Å². The van der Waals surface area contributed by atoms with Gasteiger partial charge in [-0.25, -0.2) is 4.98 Å². The highest BCUT2D eigenvalue weighted by Gasteiger charge is 2.14. The molecule has 3 rings (SSSR count). The second kappa shape index (κ2) is 5.95. The minimum atomic E-state index is -0.216. The minimum absolute atomic E-state index is 0.216. The van der Waals surface area contributed by atoms with E-state index < -0.39 is 0 Å². The maximum atomic E-state index is 11.5. The monoisotopic (exact) mass is 317 g/mol. The zero-order valence-corrected chi connectivity index (χ0v) is 13.5. The van der Waals surface area contributed by atoms with Crippen LogP contribution in [0.2, 0.25) is 0 Å². The van der Waals surface area contributed by atoms with Crippen molar-refractivity contribution in [3.05, 3.63) is 40.2 Å². The predicted octanol–water partition coefficient (Wildman–Crippen LogP) is 4.44. The fourth-order valence-corrected chi connectivity index (χ4v) is 4.27. The molecule has 0 bridgehead atoms. The zero-order valence-electron chi connectivity index (χ0n) is 11.9. The van der Waals surface area contributed by atoms with Gasteiger partial charge in [0.05, 0.1) is 23.6 Å². The number of esters is 1. The van der Waals surface area contributed by atoms with Crippen LogP contribution in [0.5, 0.6) is 0 Å². The summed E-state index contributed by atoms with van der Waals surface area (Å²) in [5.41, 5.74) is 2.21. The smallest absolute Gasteiger partial charge is 0.312 e. The van der Waals surface area contributed by atoms with Gasteiger partial charge >= 0.3 is 5.97 Å². The van der Waals surface area contributed by atoms with E-state index in [0.29, 0.717) is 6.61 Å². The van der Waals surface area contributed by atoms with Gasteiger partial charge < -0.3 is 4.74 Å². The molecule has 0 radical (unpaired) electrons. The summed E-state index contributed by atoms with van der Waals surface area (Å²) in [6.45, 7) is 4.34. The molecule has 1 aromatic carbocycles. The number of hydrogen-bond acceptors (Lipinski definition) is 5. The Balaban J connectivity index is 1.91. The Morgan fingerprint density at radius 1 is 1.33 bits per heavy atom. The molecule has 0 aliphatic carbocycles. The lowest BCUT2D eigenvalue weighted by Crippen LogP contribution is -2.07. The Hall–Kier alpha value is -1.72. The summed E-state index contributed by atoms with van der Waals surface area (Å²) in [5.74, 6) is -0.216.